The van der Waals surface area contributed by atoms with Gasteiger partial charge < -0.3 is 14.6 Å². The van der Waals surface area contributed by atoms with Gasteiger partial charge in [0.05, 0.1) is 12.9 Å². The second-order valence-electron chi connectivity index (χ2n) is 4.33. The SMILES string of the molecule is C=CC(=O)OCCCNC(=O)CCCCn1ccnc1. The van der Waals surface area contributed by atoms with Gasteiger partial charge in [0.1, 0.15) is 0 Å². The fourth-order valence-electron chi connectivity index (χ4n) is 1.62. The van der Waals surface area contributed by atoms with Crippen LogP contribution in [-0.4, -0.2) is 34.6 Å². The summed E-state index contributed by atoms with van der Waals surface area (Å²) in [5.41, 5.74) is 0. The summed E-state index contributed by atoms with van der Waals surface area (Å²) >= 11 is 0. The van der Waals surface area contributed by atoms with E-state index in [1.807, 2.05) is 10.8 Å². The summed E-state index contributed by atoms with van der Waals surface area (Å²) < 4.78 is 6.79. The maximum atomic E-state index is 11.5. The van der Waals surface area contributed by atoms with Crippen LogP contribution in [0.2, 0.25) is 0 Å². The molecule has 0 radical (unpaired) electrons. The molecule has 0 aliphatic rings. The molecule has 1 amide bonds. The predicted molar refractivity (Wildman–Crippen MR) is 74.9 cm³/mol. The van der Waals surface area contributed by atoms with Crippen molar-refractivity contribution in [1.82, 2.24) is 14.9 Å². The average molecular weight is 279 g/mol. The van der Waals surface area contributed by atoms with E-state index in [-0.39, 0.29) is 5.91 Å². The smallest absolute Gasteiger partial charge is 0.330 e. The van der Waals surface area contributed by atoms with Gasteiger partial charge >= 0.3 is 5.97 Å². The number of esters is 1. The van der Waals surface area contributed by atoms with E-state index in [1.54, 1.807) is 12.5 Å². The molecule has 0 bridgehead atoms. The van der Waals surface area contributed by atoms with Gasteiger partial charge in [0, 0.05) is 38.0 Å². The van der Waals surface area contributed by atoms with Crippen LogP contribution in [0.5, 0.6) is 0 Å². The molecule has 0 aromatic carbocycles. The molecule has 0 atom stereocenters. The maximum Gasteiger partial charge on any atom is 0.330 e. The largest absolute Gasteiger partial charge is 0.462 e. The Bertz CT molecular complexity index is 415. The van der Waals surface area contributed by atoms with Crippen molar-refractivity contribution in [3.05, 3.63) is 31.4 Å². The van der Waals surface area contributed by atoms with Crippen LogP contribution in [0, 0.1) is 0 Å². The molecule has 0 unspecified atom stereocenters. The fourth-order valence-corrected chi connectivity index (χ4v) is 1.62. The van der Waals surface area contributed by atoms with Crippen molar-refractivity contribution < 1.29 is 14.3 Å². The predicted octanol–water partition coefficient (Wildman–Crippen LogP) is 1.29. The molecule has 20 heavy (non-hydrogen) atoms. The highest BCUT2D eigenvalue weighted by Crippen LogP contribution is 1.99. The van der Waals surface area contributed by atoms with Crippen LogP contribution in [0.25, 0.3) is 0 Å². The summed E-state index contributed by atoms with van der Waals surface area (Å²) in [6, 6.07) is 0. The fraction of sp³-hybridized carbons (Fsp3) is 0.500. The molecule has 0 spiro atoms. The van der Waals surface area contributed by atoms with Crippen LogP contribution in [0.4, 0.5) is 0 Å². The Kier molecular flexibility index (Phi) is 7.79. The Labute approximate surface area is 118 Å². The second-order valence-corrected chi connectivity index (χ2v) is 4.33. The molecular formula is C14H21N3O3. The lowest BCUT2D eigenvalue weighted by Gasteiger charge is -2.06. The van der Waals surface area contributed by atoms with Crippen LogP contribution in [0.3, 0.4) is 0 Å². The number of hydrogen-bond acceptors (Lipinski definition) is 4. The molecule has 1 aromatic rings. The lowest BCUT2D eigenvalue weighted by Crippen LogP contribution is -2.25. The lowest BCUT2D eigenvalue weighted by atomic mass is 10.2. The maximum absolute atomic E-state index is 11.5. The Morgan fingerprint density at radius 3 is 2.90 bits per heavy atom. The van der Waals surface area contributed by atoms with Crippen molar-refractivity contribution >= 4 is 11.9 Å². The summed E-state index contributed by atoms with van der Waals surface area (Å²) in [5.74, 6) is -0.401. The molecule has 0 saturated carbocycles. The molecule has 6 heteroatoms. The van der Waals surface area contributed by atoms with E-state index in [0.29, 0.717) is 26.0 Å². The summed E-state index contributed by atoms with van der Waals surface area (Å²) in [4.78, 5) is 26.2. The minimum atomic E-state index is -0.434. The molecule has 110 valence electrons. The number of hydrogen-bond donors (Lipinski definition) is 1. The Morgan fingerprint density at radius 1 is 1.35 bits per heavy atom. The summed E-state index contributed by atoms with van der Waals surface area (Å²) in [6.07, 6.45) is 9.46. The third kappa shape index (κ3) is 7.35. The van der Waals surface area contributed by atoms with E-state index in [9.17, 15) is 9.59 Å². The van der Waals surface area contributed by atoms with Gasteiger partial charge in [-0.15, -0.1) is 0 Å². The van der Waals surface area contributed by atoms with Gasteiger partial charge in [0.25, 0.3) is 0 Å². The third-order valence-electron chi connectivity index (χ3n) is 2.68. The number of rotatable bonds is 10. The number of carbonyl (C=O) groups excluding carboxylic acids is 2. The minimum absolute atomic E-state index is 0.0330. The van der Waals surface area contributed by atoms with E-state index < -0.39 is 5.97 Å². The molecule has 0 fully saturated rings. The summed E-state index contributed by atoms with van der Waals surface area (Å²) in [5, 5.41) is 2.79. The number of imidazole rings is 1. The number of nitrogens with one attached hydrogen (secondary N) is 1. The molecule has 1 rings (SSSR count). The standard InChI is InChI=1S/C14H21N3O3/c1-2-14(19)20-11-5-7-16-13(18)6-3-4-9-17-10-8-15-12-17/h2,8,10,12H,1,3-7,9,11H2,(H,16,18). The van der Waals surface area contributed by atoms with Gasteiger partial charge in [-0.05, 0) is 19.3 Å². The number of aromatic nitrogens is 2. The van der Waals surface area contributed by atoms with Gasteiger partial charge in [-0.1, -0.05) is 6.58 Å². The van der Waals surface area contributed by atoms with Gasteiger partial charge in [0.2, 0.25) is 5.91 Å². The Hall–Kier alpha value is -2.11. The third-order valence-corrected chi connectivity index (χ3v) is 2.68. The lowest BCUT2D eigenvalue weighted by molar-refractivity contribution is -0.137. The first-order valence-corrected chi connectivity index (χ1v) is 6.74. The first kappa shape index (κ1) is 15.9. The molecule has 0 aliphatic carbocycles. The molecule has 0 aliphatic heterocycles. The monoisotopic (exact) mass is 279 g/mol. The number of unbranched alkanes of at least 4 members (excludes halogenated alkanes) is 1. The first-order chi connectivity index (χ1) is 9.72. The van der Waals surface area contributed by atoms with Gasteiger partial charge in [0.15, 0.2) is 0 Å². The zero-order valence-electron chi connectivity index (χ0n) is 11.6. The van der Waals surface area contributed by atoms with E-state index in [0.717, 1.165) is 25.5 Å². The average Bonchev–Trinajstić information content (AvgIpc) is 2.96. The van der Waals surface area contributed by atoms with Crippen LogP contribution < -0.4 is 5.32 Å². The van der Waals surface area contributed by atoms with Gasteiger partial charge in [-0.25, -0.2) is 9.78 Å². The number of amides is 1. The number of nitrogens with zero attached hydrogens (tertiary/aromatic N) is 2. The van der Waals surface area contributed by atoms with Crippen LogP contribution >= 0.6 is 0 Å². The minimum Gasteiger partial charge on any atom is -0.462 e. The Morgan fingerprint density at radius 2 is 2.20 bits per heavy atom. The molecule has 1 aromatic heterocycles. The molecule has 1 N–H and O–H groups in total. The summed E-state index contributed by atoms with van der Waals surface area (Å²) in [7, 11) is 0. The molecule has 1 heterocycles. The number of carbonyl (C=O) groups is 2. The van der Waals surface area contributed by atoms with Crippen molar-refractivity contribution in [2.45, 2.75) is 32.2 Å². The zero-order chi connectivity index (χ0) is 14.6. The summed E-state index contributed by atoms with van der Waals surface area (Å²) in [6.45, 7) is 4.99. The van der Waals surface area contributed by atoms with Crippen molar-refractivity contribution in [1.29, 1.82) is 0 Å². The highest BCUT2D eigenvalue weighted by molar-refractivity contribution is 5.81. The van der Waals surface area contributed by atoms with Gasteiger partial charge in [-0.3, -0.25) is 4.79 Å². The number of ether oxygens (including phenoxy) is 1. The van der Waals surface area contributed by atoms with E-state index in [4.69, 9.17) is 4.74 Å². The topological polar surface area (TPSA) is 73.2 Å². The molecule has 6 nitrogen and oxygen atoms in total. The Balaban J connectivity index is 1.92. The van der Waals surface area contributed by atoms with Crippen LogP contribution in [-0.2, 0) is 20.9 Å². The second kappa shape index (κ2) is 9.77. The van der Waals surface area contributed by atoms with Crippen molar-refractivity contribution in [2.75, 3.05) is 13.2 Å². The van der Waals surface area contributed by atoms with E-state index >= 15 is 0 Å². The molecular weight excluding hydrogens is 258 g/mol. The van der Waals surface area contributed by atoms with Gasteiger partial charge in [-0.2, -0.15) is 0 Å². The molecule has 0 saturated heterocycles. The van der Waals surface area contributed by atoms with Crippen molar-refractivity contribution in [3.63, 3.8) is 0 Å². The number of aryl methyl sites for hydroxylation is 1. The zero-order valence-corrected chi connectivity index (χ0v) is 11.6. The van der Waals surface area contributed by atoms with E-state index in [1.165, 1.54) is 0 Å². The van der Waals surface area contributed by atoms with Crippen molar-refractivity contribution in [2.24, 2.45) is 0 Å². The normalized spacial score (nSPS) is 10.0. The quantitative estimate of drug-likeness (QED) is 0.398. The van der Waals surface area contributed by atoms with E-state index in [2.05, 4.69) is 16.9 Å². The first-order valence-electron chi connectivity index (χ1n) is 6.74. The van der Waals surface area contributed by atoms with Crippen LogP contribution in [0.15, 0.2) is 31.4 Å². The van der Waals surface area contributed by atoms with Crippen molar-refractivity contribution in [3.8, 4) is 0 Å². The highest BCUT2D eigenvalue weighted by atomic mass is 16.5. The van der Waals surface area contributed by atoms with Crippen LogP contribution in [0.1, 0.15) is 25.7 Å². The highest BCUT2D eigenvalue weighted by Gasteiger charge is 2.01.